The maximum Gasteiger partial charge on any atom is 1.00 e. The van der Waals surface area contributed by atoms with Crippen LogP contribution in [0.1, 0.15) is 95.6 Å². The minimum Gasteiger partial charge on any atom is -1.00 e. The Labute approximate surface area is 262 Å². The molecule has 0 radical (unpaired) electrons. The Morgan fingerprint density at radius 3 is 1.77 bits per heavy atom. The third-order valence-corrected chi connectivity index (χ3v) is 6.73. The van der Waals surface area contributed by atoms with Crippen molar-refractivity contribution < 1.29 is 64.4 Å². The average Bonchev–Trinajstić information content (AvgIpc) is 2.87. The normalized spacial score (nSPS) is 15.0. The summed E-state index contributed by atoms with van der Waals surface area (Å²) in [5.74, 6) is -0.750. The second-order valence-corrected chi connectivity index (χ2v) is 9.82. The third kappa shape index (κ3) is 9.86. The van der Waals surface area contributed by atoms with Gasteiger partial charge in [0.2, 0.25) is 0 Å². The SMILES string of the molecule is CCOC(=O)OCC.CCOC(=O)[C@H]1CCc2c(C)cc(C)cc2C1=O.Cc1cc(C)c2c(c1)C(=O)CCC2.[H-].[Na+]. The van der Waals surface area contributed by atoms with Crippen LogP contribution in [0.25, 0.3) is 0 Å². The summed E-state index contributed by atoms with van der Waals surface area (Å²) in [6.45, 7) is 14.4. The van der Waals surface area contributed by atoms with Crippen LogP contribution in [0.15, 0.2) is 24.3 Å². The molecule has 0 unspecified atom stereocenters. The van der Waals surface area contributed by atoms with E-state index in [9.17, 15) is 19.2 Å². The maximum absolute atomic E-state index is 12.3. The van der Waals surface area contributed by atoms with E-state index in [0.29, 0.717) is 37.6 Å². The molecule has 2 aromatic rings. The fraction of sp³-hybridized carbons (Fsp3) is 0.500. The number of rotatable bonds is 4. The molecule has 0 saturated heterocycles. The van der Waals surface area contributed by atoms with Crippen molar-refractivity contribution in [2.24, 2.45) is 5.92 Å². The molecule has 40 heavy (non-hydrogen) atoms. The van der Waals surface area contributed by atoms with E-state index < -0.39 is 12.1 Å². The van der Waals surface area contributed by atoms with Gasteiger partial charge in [0.15, 0.2) is 11.6 Å². The summed E-state index contributed by atoms with van der Waals surface area (Å²) >= 11 is 0. The van der Waals surface area contributed by atoms with Gasteiger partial charge < -0.3 is 15.6 Å². The molecule has 0 amide bonds. The Morgan fingerprint density at radius 1 is 0.750 bits per heavy atom. The molecule has 0 N–H and O–H groups in total. The number of esters is 1. The predicted octanol–water partition coefficient (Wildman–Crippen LogP) is 3.73. The Kier molecular flexibility index (Phi) is 15.4. The molecule has 2 aliphatic carbocycles. The maximum atomic E-state index is 12.3. The summed E-state index contributed by atoms with van der Waals surface area (Å²) in [4.78, 5) is 45.9. The number of carbonyl (C=O) groups is 4. The van der Waals surface area contributed by atoms with Crippen molar-refractivity contribution in [1.29, 1.82) is 0 Å². The van der Waals surface area contributed by atoms with Crippen molar-refractivity contribution in [3.05, 3.63) is 68.8 Å². The van der Waals surface area contributed by atoms with Gasteiger partial charge in [0.05, 0.1) is 19.8 Å². The first-order valence-corrected chi connectivity index (χ1v) is 13.8. The number of carbonyl (C=O) groups excluding carboxylic acids is 4. The van der Waals surface area contributed by atoms with Crippen molar-refractivity contribution in [1.82, 2.24) is 0 Å². The van der Waals surface area contributed by atoms with Crippen molar-refractivity contribution in [2.75, 3.05) is 19.8 Å². The molecule has 2 aromatic carbocycles. The summed E-state index contributed by atoms with van der Waals surface area (Å²) in [7, 11) is 0. The molecule has 0 spiro atoms. The van der Waals surface area contributed by atoms with E-state index in [1.807, 2.05) is 26.0 Å². The van der Waals surface area contributed by atoms with Crippen molar-refractivity contribution in [3.63, 3.8) is 0 Å². The van der Waals surface area contributed by atoms with E-state index in [2.05, 4.69) is 35.5 Å². The fourth-order valence-electron chi connectivity index (χ4n) is 5.04. The number of ether oxygens (including phenoxy) is 3. The Bertz CT molecular complexity index is 1200. The van der Waals surface area contributed by atoms with Gasteiger partial charge in [-0.15, -0.1) is 0 Å². The molecule has 0 saturated carbocycles. The smallest absolute Gasteiger partial charge is 1.00 e. The number of fused-ring (bicyclic) bond motifs is 2. The molecule has 0 bridgehead atoms. The first-order chi connectivity index (χ1) is 18.5. The molecular formula is C32H43NaO7. The van der Waals surface area contributed by atoms with Gasteiger partial charge in [0, 0.05) is 17.5 Å². The van der Waals surface area contributed by atoms with Gasteiger partial charge in [0.25, 0.3) is 0 Å². The standard InChI is InChI=1S/C15H18O3.C12H14O.C5H10O3.Na.H/c1-4-18-15(17)12-6-5-11-10(3)7-9(2)8-13(11)14(12)16;1-8-6-9(2)10-4-3-5-12(13)11(10)7-8;1-3-7-5(6)8-4-2;;/h7-8,12H,4-6H2,1-3H3;6-7H,3-5H2,1-2H3;3-4H2,1-2H3;;/q;;;+1;-1/t12-;;;;/m0..../s1. The van der Waals surface area contributed by atoms with Crippen LogP contribution in [0, 0.1) is 33.6 Å². The summed E-state index contributed by atoms with van der Waals surface area (Å²) in [5, 5.41) is 0. The number of Topliss-reactive ketones (excluding diaryl/α,β-unsaturated/α-hetero) is 2. The molecular weight excluding hydrogens is 519 g/mol. The van der Waals surface area contributed by atoms with Crippen LogP contribution in [0.5, 0.6) is 0 Å². The number of aryl methyl sites for hydroxylation is 4. The topological polar surface area (TPSA) is 96.0 Å². The third-order valence-electron chi connectivity index (χ3n) is 6.73. The van der Waals surface area contributed by atoms with E-state index in [1.54, 1.807) is 20.8 Å². The van der Waals surface area contributed by atoms with Crippen LogP contribution in [0.4, 0.5) is 4.79 Å². The second-order valence-electron chi connectivity index (χ2n) is 9.82. The number of hydrogen-bond donors (Lipinski definition) is 0. The molecule has 8 heteroatoms. The van der Waals surface area contributed by atoms with Crippen LogP contribution in [-0.2, 0) is 31.8 Å². The zero-order chi connectivity index (χ0) is 29.1. The monoisotopic (exact) mass is 562 g/mol. The van der Waals surface area contributed by atoms with E-state index in [0.717, 1.165) is 47.9 Å². The van der Waals surface area contributed by atoms with Gasteiger partial charge in [0.1, 0.15) is 5.92 Å². The van der Waals surface area contributed by atoms with Gasteiger partial charge in [-0.3, -0.25) is 14.4 Å². The quantitative estimate of drug-likeness (QED) is 0.318. The largest absolute Gasteiger partial charge is 1.00 e. The second kappa shape index (κ2) is 17.4. The van der Waals surface area contributed by atoms with Crippen LogP contribution in [0.2, 0.25) is 0 Å². The summed E-state index contributed by atoms with van der Waals surface area (Å²) in [5.41, 5.74) is 8.73. The zero-order valence-electron chi connectivity index (χ0n) is 26.4. The van der Waals surface area contributed by atoms with E-state index >= 15 is 0 Å². The van der Waals surface area contributed by atoms with E-state index in [1.165, 1.54) is 16.7 Å². The predicted molar refractivity (Wildman–Crippen MR) is 152 cm³/mol. The van der Waals surface area contributed by atoms with Crippen LogP contribution < -0.4 is 29.6 Å². The Hall–Kier alpha value is -2.48. The molecule has 214 valence electrons. The summed E-state index contributed by atoms with van der Waals surface area (Å²) in [6.07, 6.45) is 3.58. The molecule has 0 aliphatic heterocycles. The van der Waals surface area contributed by atoms with Crippen molar-refractivity contribution in [2.45, 2.75) is 80.6 Å². The Balaban J connectivity index is 0.000000615. The van der Waals surface area contributed by atoms with Crippen LogP contribution in [0.3, 0.4) is 0 Å². The van der Waals surface area contributed by atoms with Gasteiger partial charge in [-0.1, -0.05) is 23.3 Å². The fourth-order valence-corrected chi connectivity index (χ4v) is 5.04. The summed E-state index contributed by atoms with van der Waals surface area (Å²) in [6, 6.07) is 8.16. The number of ketones is 2. The molecule has 0 heterocycles. The molecule has 7 nitrogen and oxygen atoms in total. The minimum atomic E-state index is -0.612. The number of hydrogen-bond acceptors (Lipinski definition) is 7. The minimum absolute atomic E-state index is 0. The van der Waals surface area contributed by atoms with Crippen molar-refractivity contribution in [3.8, 4) is 0 Å². The Morgan fingerprint density at radius 2 is 1.25 bits per heavy atom. The van der Waals surface area contributed by atoms with Gasteiger partial charge in [-0.25, -0.2) is 4.79 Å². The van der Waals surface area contributed by atoms with Gasteiger partial charge >= 0.3 is 41.7 Å². The number of benzene rings is 2. The molecule has 4 rings (SSSR count). The van der Waals surface area contributed by atoms with E-state index in [-0.39, 0.29) is 42.7 Å². The average molecular weight is 563 g/mol. The van der Waals surface area contributed by atoms with Gasteiger partial charge in [-0.2, -0.15) is 0 Å². The van der Waals surface area contributed by atoms with Crippen LogP contribution in [-0.4, -0.2) is 43.5 Å². The molecule has 1 atom stereocenters. The zero-order valence-corrected chi connectivity index (χ0v) is 27.4. The van der Waals surface area contributed by atoms with Crippen molar-refractivity contribution >= 4 is 23.7 Å². The first-order valence-electron chi connectivity index (χ1n) is 13.8. The van der Waals surface area contributed by atoms with Gasteiger partial charge in [-0.05, 0) is 109 Å². The first kappa shape index (κ1) is 35.5. The molecule has 0 fully saturated rings. The molecule has 2 aliphatic rings. The van der Waals surface area contributed by atoms with E-state index in [4.69, 9.17) is 4.74 Å². The summed E-state index contributed by atoms with van der Waals surface area (Å²) < 4.78 is 13.8. The molecule has 0 aromatic heterocycles. The van der Waals surface area contributed by atoms with Crippen LogP contribution >= 0.6 is 0 Å².